The molecular weight excluding hydrogens is 208 g/mol. The molecule has 1 rings (SSSR count). The SMILES string of the molecule is CCC(C)(C)C(=O)Cc1ccc(C(C)C)cc1. The number of rotatable bonds is 5. The maximum Gasteiger partial charge on any atom is 0.142 e. The largest absolute Gasteiger partial charge is 0.299 e. The van der Waals surface area contributed by atoms with Crippen LogP contribution in [0.2, 0.25) is 0 Å². The molecule has 0 spiro atoms. The maximum atomic E-state index is 12.1. The number of carbonyl (C=O) groups excluding carboxylic acids is 1. The Kier molecular flexibility index (Phi) is 4.50. The normalized spacial score (nSPS) is 11.9. The van der Waals surface area contributed by atoms with Crippen LogP contribution in [0.5, 0.6) is 0 Å². The third kappa shape index (κ3) is 3.69. The Morgan fingerprint density at radius 3 is 2.12 bits per heavy atom. The number of hydrogen-bond donors (Lipinski definition) is 0. The van der Waals surface area contributed by atoms with Gasteiger partial charge in [0.2, 0.25) is 0 Å². The lowest BCUT2D eigenvalue weighted by Gasteiger charge is -2.20. The van der Waals surface area contributed by atoms with E-state index in [2.05, 4.69) is 45.0 Å². The molecule has 0 aromatic heterocycles. The van der Waals surface area contributed by atoms with Crippen LogP contribution in [0.4, 0.5) is 0 Å². The molecule has 0 saturated carbocycles. The van der Waals surface area contributed by atoms with E-state index in [9.17, 15) is 4.79 Å². The van der Waals surface area contributed by atoms with E-state index >= 15 is 0 Å². The summed E-state index contributed by atoms with van der Waals surface area (Å²) in [5, 5.41) is 0. The Bertz CT molecular complexity index is 371. The molecular formula is C16H24O. The van der Waals surface area contributed by atoms with E-state index in [4.69, 9.17) is 0 Å². The van der Waals surface area contributed by atoms with Gasteiger partial charge in [0.15, 0.2) is 0 Å². The first-order valence-corrected chi connectivity index (χ1v) is 6.49. The summed E-state index contributed by atoms with van der Waals surface area (Å²) in [6, 6.07) is 8.43. The second kappa shape index (κ2) is 5.48. The van der Waals surface area contributed by atoms with Crippen LogP contribution in [-0.4, -0.2) is 5.78 Å². The number of benzene rings is 1. The van der Waals surface area contributed by atoms with Crippen molar-refractivity contribution < 1.29 is 4.79 Å². The molecule has 0 unspecified atom stereocenters. The van der Waals surface area contributed by atoms with Crippen LogP contribution in [0.15, 0.2) is 24.3 Å². The molecule has 0 amide bonds. The predicted molar refractivity (Wildman–Crippen MR) is 73.3 cm³/mol. The number of hydrogen-bond acceptors (Lipinski definition) is 1. The zero-order valence-electron chi connectivity index (χ0n) is 11.7. The van der Waals surface area contributed by atoms with Crippen molar-refractivity contribution in [1.82, 2.24) is 0 Å². The first-order valence-electron chi connectivity index (χ1n) is 6.49. The van der Waals surface area contributed by atoms with Crippen LogP contribution in [0, 0.1) is 5.41 Å². The van der Waals surface area contributed by atoms with Crippen molar-refractivity contribution in [3.8, 4) is 0 Å². The minimum absolute atomic E-state index is 0.198. The van der Waals surface area contributed by atoms with Gasteiger partial charge in [0.05, 0.1) is 0 Å². The van der Waals surface area contributed by atoms with Crippen molar-refractivity contribution >= 4 is 5.78 Å². The average molecular weight is 232 g/mol. The molecule has 0 aliphatic heterocycles. The molecule has 1 aromatic carbocycles. The van der Waals surface area contributed by atoms with Crippen molar-refractivity contribution in [2.75, 3.05) is 0 Å². The molecule has 1 nitrogen and oxygen atoms in total. The van der Waals surface area contributed by atoms with Crippen molar-refractivity contribution in [1.29, 1.82) is 0 Å². The van der Waals surface area contributed by atoms with Crippen LogP contribution >= 0.6 is 0 Å². The summed E-state index contributed by atoms with van der Waals surface area (Å²) in [5.74, 6) is 0.879. The average Bonchev–Trinajstić information content (AvgIpc) is 2.29. The highest BCUT2D eigenvalue weighted by molar-refractivity contribution is 5.86. The van der Waals surface area contributed by atoms with Gasteiger partial charge in [0.25, 0.3) is 0 Å². The predicted octanol–water partition coefficient (Wildman–Crippen LogP) is 4.36. The number of ketones is 1. The van der Waals surface area contributed by atoms with E-state index in [1.54, 1.807) is 0 Å². The van der Waals surface area contributed by atoms with Crippen molar-refractivity contribution in [2.24, 2.45) is 5.41 Å². The van der Waals surface area contributed by atoms with Crippen molar-refractivity contribution in [2.45, 2.75) is 53.4 Å². The van der Waals surface area contributed by atoms with Gasteiger partial charge in [-0.15, -0.1) is 0 Å². The lowest BCUT2D eigenvalue weighted by molar-refractivity contribution is -0.126. The van der Waals surface area contributed by atoms with Gasteiger partial charge in [-0.1, -0.05) is 58.9 Å². The van der Waals surface area contributed by atoms with E-state index in [1.165, 1.54) is 5.56 Å². The van der Waals surface area contributed by atoms with E-state index in [1.807, 2.05) is 13.8 Å². The van der Waals surface area contributed by atoms with Gasteiger partial charge < -0.3 is 0 Å². The van der Waals surface area contributed by atoms with Crippen molar-refractivity contribution in [3.63, 3.8) is 0 Å². The topological polar surface area (TPSA) is 17.1 Å². The van der Waals surface area contributed by atoms with E-state index in [0.29, 0.717) is 18.1 Å². The Labute approximate surface area is 105 Å². The summed E-state index contributed by atoms with van der Waals surface area (Å²) in [6.07, 6.45) is 1.45. The van der Waals surface area contributed by atoms with E-state index in [0.717, 1.165) is 12.0 Å². The smallest absolute Gasteiger partial charge is 0.142 e. The number of Topliss-reactive ketones (excluding diaryl/α,β-unsaturated/α-hetero) is 1. The lowest BCUT2D eigenvalue weighted by Crippen LogP contribution is -2.24. The highest BCUT2D eigenvalue weighted by atomic mass is 16.1. The molecule has 0 heterocycles. The minimum Gasteiger partial charge on any atom is -0.299 e. The van der Waals surface area contributed by atoms with Gasteiger partial charge in [-0.3, -0.25) is 4.79 Å². The number of carbonyl (C=O) groups is 1. The summed E-state index contributed by atoms with van der Waals surface area (Å²) in [5.41, 5.74) is 2.26. The second-order valence-electron chi connectivity index (χ2n) is 5.73. The van der Waals surface area contributed by atoms with Crippen LogP contribution in [0.1, 0.15) is 58.1 Å². The third-order valence-corrected chi connectivity index (χ3v) is 3.65. The Hall–Kier alpha value is -1.11. The molecule has 0 N–H and O–H groups in total. The highest BCUT2D eigenvalue weighted by Gasteiger charge is 2.24. The molecule has 0 fully saturated rings. The summed E-state index contributed by atoms with van der Waals surface area (Å²) in [4.78, 5) is 12.1. The van der Waals surface area contributed by atoms with Crippen molar-refractivity contribution in [3.05, 3.63) is 35.4 Å². The van der Waals surface area contributed by atoms with Gasteiger partial charge in [-0.2, -0.15) is 0 Å². The Morgan fingerprint density at radius 1 is 1.18 bits per heavy atom. The first-order chi connectivity index (χ1) is 7.86. The third-order valence-electron chi connectivity index (χ3n) is 3.65. The van der Waals surface area contributed by atoms with Crippen LogP contribution in [0.3, 0.4) is 0 Å². The van der Waals surface area contributed by atoms with Gasteiger partial charge in [0.1, 0.15) is 5.78 Å². The minimum atomic E-state index is -0.198. The molecule has 0 bridgehead atoms. The standard InChI is InChI=1S/C16H24O/c1-6-16(4,5)15(17)11-13-7-9-14(10-8-13)12(2)3/h7-10,12H,6,11H2,1-5H3. The highest BCUT2D eigenvalue weighted by Crippen LogP contribution is 2.23. The van der Waals surface area contributed by atoms with Crippen LogP contribution in [0.25, 0.3) is 0 Å². The van der Waals surface area contributed by atoms with Crippen LogP contribution in [-0.2, 0) is 11.2 Å². The fourth-order valence-electron chi connectivity index (χ4n) is 1.64. The first kappa shape index (κ1) is 14.0. The fraction of sp³-hybridized carbons (Fsp3) is 0.562. The summed E-state index contributed by atoms with van der Waals surface area (Å²) < 4.78 is 0. The van der Waals surface area contributed by atoms with Gasteiger partial charge in [-0.25, -0.2) is 0 Å². The summed E-state index contributed by atoms with van der Waals surface area (Å²) in [7, 11) is 0. The Balaban J connectivity index is 2.73. The van der Waals surface area contributed by atoms with Crippen LogP contribution < -0.4 is 0 Å². The zero-order chi connectivity index (χ0) is 13.1. The molecule has 1 aromatic rings. The summed E-state index contributed by atoms with van der Waals surface area (Å²) >= 11 is 0. The van der Waals surface area contributed by atoms with E-state index in [-0.39, 0.29) is 5.41 Å². The lowest BCUT2D eigenvalue weighted by atomic mass is 9.82. The molecule has 0 saturated heterocycles. The maximum absolute atomic E-state index is 12.1. The summed E-state index contributed by atoms with van der Waals surface area (Å²) in [6.45, 7) is 10.5. The molecule has 0 aliphatic rings. The monoisotopic (exact) mass is 232 g/mol. The molecule has 1 heteroatoms. The Morgan fingerprint density at radius 2 is 1.71 bits per heavy atom. The van der Waals surface area contributed by atoms with E-state index < -0.39 is 0 Å². The molecule has 0 aliphatic carbocycles. The molecule has 17 heavy (non-hydrogen) atoms. The quantitative estimate of drug-likeness (QED) is 0.737. The van der Waals surface area contributed by atoms with Gasteiger partial charge in [-0.05, 0) is 23.5 Å². The molecule has 94 valence electrons. The fourth-order valence-corrected chi connectivity index (χ4v) is 1.64. The molecule has 0 atom stereocenters. The second-order valence-corrected chi connectivity index (χ2v) is 5.73. The zero-order valence-corrected chi connectivity index (χ0v) is 11.7. The molecule has 0 radical (unpaired) electrons. The van der Waals surface area contributed by atoms with Gasteiger partial charge in [0, 0.05) is 11.8 Å². The van der Waals surface area contributed by atoms with Gasteiger partial charge >= 0.3 is 0 Å².